The Bertz CT molecular complexity index is 216. The molecule has 0 amide bonds. The van der Waals surface area contributed by atoms with Gasteiger partial charge in [-0.15, -0.1) is 0 Å². The molecule has 0 unspecified atom stereocenters. The van der Waals surface area contributed by atoms with Crippen molar-refractivity contribution in [1.82, 2.24) is 0 Å². The van der Waals surface area contributed by atoms with Crippen LogP contribution in [0.2, 0.25) is 0 Å². The molecule has 0 radical (unpaired) electrons. The first-order valence-corrected chi connectivity index (χ1v) is 3.94. The third kappa shape index (κ3) is 1.86. The van der Waals surface area contributed by atoms with Crippen LogP contribution in [0, 0.1) is 0 Å². The molecule has 7 heteroatoms. The lowest BCUT2D eigenvalue weighted by atomic mass is 9.99. The number of methoxy groups -OCH3 is 1. The van der Waals surface area contributed by atoms with E-state index in [9.17, 15) is 20.1 Å². The highest BCUT2D eigenvalue weighted by molar-refractivity contribution is 5.73. The minimum absolute atomic E-state index is 1.19. The van der Waals surface area contributed by atoms with Crippen molar-refractivity contribution in [2.45, 2.75) is 30.7 Å². The van der Waals surface area contributed by atoms with Gasteiger partial charge in [-0.3, -0.25) is 0 Å². The third-order valence-corrected chi connectivity index (χ3v) is 2.05. The highest BCUT2D eigenvalue weighted by Crippen LogP contribution is 2.21. The molecule has 0 bridgehead atoms. The number of carboxylic acid groups (broad SMARTS) is 1. The van der Waals surface area contributed by atoms with Gasteiger partial charge in [0.25, 0.3) is 0 Å². The zero-order valence-corrected chi connectivity index (χ0v) is 7.40. The Kier molecular flexibility index (Phi) is 3.40. The molecule has 7 nitrogen and oxygen atoms in total. The smallest absolute Gasteiger partial charge is 0.335 e. The summed E-state index contributed by atoms with van der Waals surface area (Å²) in [7, 11) is 1.19. The number of ether oxygens (including phenoxy) is 2. The largest absolute Gasteiger partial charge is 0.479 e. The zero-order chi connectivity index (χ0) is 10.9. The lowest BCUT2D eigenvalue weighted by molar-refractivity contribution is -0.287. The first-order chi connectivity index (χ1) is 6.49. The molecule has 0 aliphatic carbocycles. The van der Waals surface area contributed by atoms with E-state index in [0.29, 0.717) is 0 Å². The van der Waals surface area contributed by atoms with Crippen molar-refractivity contribution >= 4 is 5.97 Å². The molecule has 4 N–H and O–H groups in total. The van der Waals surface area contributed by atoms with Gasteiger partial charge in [0, 0.05) is 7.11 Å². The molecule has 0 spiro atoms. The van der Waals surface area contributed by atoms with Crippen molar-refractivity contribution in [3.63, 3.8) is 0 Å². The second-order valence-electron chi connectivity index (χ2n) is 2.97. The third-order valence-electron chi connectivity index (χ3n) is 2.05. The van der Waals surface area contributed by atoms with E-state index >= 15 is 0 Å². The minimum Gasteiger partial charge on any atom is -0.479 e. The molecular formula is C7H12O7. The van der Waals surface area contributed by atoms with E-state index in [0.717, 1.165) is 0 Å². The molecule has 1 heterocycles. The van der Waals surface area contributed by atoms with Gasteiger partial charge < -0.3 is 29.9 Å². The highest BCUT2D eigenvalue weighted by atomic mass is 16.7. The second kappa shape index (κ2) is 4.20. The van der Waals surface area contributed by atoms with Gasteiger partial charge in [-0.1, -0.05) is 0 Å². The number of aliphatic hydroxyl groups excluding tert-OH is 3. The fourth-order valence-electron chi connectivity index (χ4n) is 1.25. The Morgan fingerprint density at radius 3 is 2.21 bits per heavy atom. The van der Waals surface area contributed by atoms with Gasteiger partial charge in [-0.05, 0) is 0 Å². The second-order valence-corrected chi connectivity index (χ2v) is 2.97. The van der Waals surface area contributed by atoms with E-state index in [-0.39, 0.29) is 0 Å². The van der Waals surface area contributed by atoms with E-state index in [1.54, 1.807) is 0 Å². The summed E-state index contributed by atoms with van der Waals surface area (Å²) in [6, 6.07) is 0. The number of carbonyl (C=O) groups is 1. The number of aliphatic carboxylic acids is 1. The van der Waals surface area contributed by atoms with Crippen LogP contribution in [0.25, 0.3) is 0 Å². The Hall–Kier alpha value is -0.730. The molecule has 1 aliphatic rings. The zero-order valence-electron chi connectivity index (χ0n) is 7.40. The normalized spacial score (nSPS) is 43.6. The molecule has 1 rings (SSSR count). The number of hydrogen-bond donors (Lipinski definition) is 4. The van der Waals surface area contributed by atoms with E-state index in [4.69, 9.17) is 9.84 Å². The molecule has 82 valence electrons. The van der Waals surface area contributed by atoms with Crippen LogP contribution >= 0.6 is 0 Å². The summed E-state index contributed by atoms with van der Waals surface area (Å²) < 4.78 is 9.31. The van der Waals surface area contributed by atoms with Crippen molar-refractivity contribution in [3.05, 3.63) is 0 Å². The molecule has 1 aliphatic heterocycles. The van der Waals surface area contributed by atoms with Crippen molar-refractivity contribution in [1.29, 1.82) is 0 Å². The van der Waals surface area contributed by atoms with Crippen LogP contribution < -0.4 is 0 Å². The van der Waals surface area contributed by atoms with Crippen molar-refractivity contribution in [2.24, 2.45) is 0 Å². The fraction of sp³-hybridized carbons (Fsp3) is 0.857. The number of carboxylic acids is 1. The van der Waals surface area contributed by atoms with Crippen LogP contribution in [-0.2, 0) is 14.3 Å². The van der Waals surface area contributed by atoms with Gasteiger partial charge in [-0.2, -0.15) is 0 Å². The summed E-state index contributed by atoms with van der Waals surface area (Å²) in [5, 5.41) is 36.3. The molecule has 1 fully saturated rings. The highest BCUT2D eigenvalue weighted by Gasteiger charge is 2.46. The minimum atomic E-state index is -1.67. The lowest BCUT2D eigenvalue weighted by Crippen LogP contribution is -2.60. The summed E-state index contributed by atoms with van der Waals surface area (Å²) in [4.78, 5) is 10.5. The van der Waals surface area contributed by atoms with Crippen LogP contribution in [0.4, 0.5) is 0 Å². The van der Waals surface area contributed by atoms with Crippen LogP contribution in [0.1, 0.15) is 0 Å². The van der Waals surface area contributed by atoms with Gasteiger partial charge >= 0.3 is 5.97 Å². The number of aliphatic hydroxyl groups is 3. The first kappa shape index (κ1) is 11.3. The number of rotatable bonds is 2. The summed E-state index contributed by atoms with van der Waals surface area (Å²) >= 11 is 0. The molecule has 1 saturated heterocycles. The van der Waals surface area contributed by atoms with E-state index in [1.807, 2.05) is 0 Å². The summed E-state index contributed by atoms with van der Waals surface area (Å²) in [5.74, 6) is -1.43. The molecule has 5 atom stereocenters. The predicted octanol–water partition coefficient (Wildman–Crippen LogP) is -2.47. The summed E-state index contributed by atoms with van der Waals surface area (Å²) in [6.45, 7) is 0. The molecular weight excluding hydrogens is 196 g/mol. The molecule has 0 aromatic rings. The van der Waals surface area contributed by atoms with Crippen molar-refractivity contribution < 1.29 is 34.7 Å². The summed E-state index contributed by atoms with van der Waals surface area (Å²) in [5.41, 5.74) is 0. The first-order valence-electron chi connectivity index (χ1n) is 3.94. The van der Waals surface area contributed by atoms with Crippen molar-refractivity contribution in [2.75, 3.05) is 7.11 Å². The monoisotopic (exact) mass is 208 g/mol. The van der Waals surface area contributed by atoms with Crippen LogP contribution in [0.5, 0.6) is 0 Å². The number of hydrogen-bond acceptors (Lipinski definition) is 6. The van der Waals surface area contributed by atoms with E-state index in [1.165, 1.54) is 7.11 Å². The van der Waals surface area contributed by atoms with Gasteiger partial charge in [0.1, 0.15) is 18.3 Å². The Morgan fingerprint density at radius 2 is 1.79 bits per heavy atom. The molecule has 0 aromatic carbocycles. The summed E-state index contributed by atoms with van der Waals surface area (Å²) in [6.07, 6.45) is -7.60. The molecule has 0 saturated carbocycles. The average molecular weight is 208 g/mol. The van der Waals surface area contributed by atoms with E-state index in [2.05, 4.69) is 4.74 Å². The fourth-order valence-corrected chi connectivity index (χ4v) is 1.25. The Morgan fingerprint density at radius 1 is 1.21 bits per heavy atom. The average Bonchev–Trinajstić information content (AvgIpc) is 2.14. The standard InChI is InChI=1S/C7H12O7/c1-13-7-4(10)2(8)3(9)5(14-7)6(11)12/h2-5,7-10H,1H3,(H,11,12)/t2-,3-,4+,5+,7-/m1/s1. The predicted molar refractivity (Wildman–Crippen MR) is 41.3 cm³/mol. The van der Waals surface area contributed by atoms with Gasteiger partial charge in [0.2, 0.25) is 0 Å². The topological polar surface area (TPSA) is 116 Å². The molecule has 14 heavy (non-hydrogen) atoms. The molecule has 0 aromatic heterocycles. The lowest BCUT2D eigenvalue weighted by Gasteiger charge is -2.37. The van der Waals surface area contributed by atoms with Crippen LogP contribution in [0.3, 0.4) is 0 Å². The Balaban J connectivity index is 2.78. The van der Waals surface area contributed by atoms with Gasteiger partial charge in [0.15, 0.2) is 12.4 Å². The SMILES string of the molecule is CO[C@@H]1O[C@H](C(=O)O)[C@H](O)[C@@H](O)[C@@H]1O. The van der Waals surface area contributed by atoms with Gasteiger partial charge in [0.05, 0.1) is 0 Å². The van der Waals surface area contributed by atoms with Crippen LogP contribution in [-0.4, -0.2) is 64.2 Å². The Labute approximate surface area is 79.5 Å². The maximum atomic E-state index is 10.5. The van der Waals surface area contributed by atoms with Gasteiger partial charge in [-0.25, -0.2) is 4.79 Å². The van der Waals surface area contributed by atoms with E-state index < -0.39 is 36.7 Å². The maximum Gasteiger partial charge on any atom is 0.335 e. The van der Waals surface area contributed by atoms with Crippen molar-refractivity contribution in [3.8, 4) is 0 Å². The quantitative estimate of drug-likeness (QED) is 0.397. The maximum absolute atomic E-state index is 10.5. The van der Waals surface area contributed by atoms with Crippen LogP contribution in [0.15, 0.2) is 0 Å².